The highest BCUT2D eigenvalue weighted by molar-refractivity contribution is 5.89. The number of fused-ring (bicyclic) bond motifs is 1. The van der Waals surface area contributed by atoms with Crippen LogP contribution in [0.2, 0.25) is 0 Å². The Hall–Kier alpha value is -3.13. The number of hydrogen-bond donors (Lipinski definition) is 1. The molecule has 5 nitrogen and oxygen atoms in total. The molecule has 3 rings (SSSR count). The molecule has 0 aliphatic rings. The predicted octanol–water partition coefficient (Wildman–Crippen LogP) is 3.16. The topological polar surface area (TPSA) is 70.8 Å². The second kappa shape index (κ2) is 6.75. The Balaban J connectivity index is 1.72. The number of nitriles is 1. The Kier molecular flexibility index (Phi) is 4.34. The summed E-state index contributed by atoms with van der Waals surface area (Å²) in [6, 6.07) is 15.6. The largest absolute Gasteiger partial charge is 0.497 e. The molecular weight excluding hydrogens is 288 g/mol. The van der Waals surface area contributed by atoms with E-state index < -0.39 is 0 Å². The van der Waals surface area contributed by atoms with E-state index in [0.717, 1.165) is 35.4 Å². The van der Waals surface area contributed by atoms with E-state index in [4.69, 9.17) is 10.00 Å². The molecule has 0 bridgehead atoms. The highest BCUT2D eigenvalue weighted by Gasteiger charge is 2.04. The van der Waals surface area contributed by atoms with Gasteiger partial charge in [-0.2, -0.15) is 5.26 Å². The second-order valence-corrected chi connectivity index (χ2v) is 5.09. The van der Waals surface area contributed by atoms with Crippen molar-refractivity contribution in [2.75, 3.05) is 19.0 Å². The van der Waals surface area contributed by atoms with E-state index in [1.54, 1.807) is 13.2 Å². The molecule has 0 radical (unpaired) electrons. The van der Waals surface area contributed by atoms with Crippen LogP contribution in [0.1, 0.15) is 11.1 Å². The van der Waals surface area contributed by atoms with Crippen LogP contribution in [0.25, 0.3) is 10.9 Å². The summed E-state index contributed by atoms with van der Waals surface area (Å²) in [5, 5.41) is 13.2. The lowest BCUT2D eigenvalue weighted by Crippen LogP contribution is -2.07. The average Bonchev–Trinajstić information content (AvgIpc) is 2.62. The average molecular weight is 304 g/mol. The summed E-state index contributed by atoms with van der Waals surface area (Å²) in [5.74, 6) is 1.60. The summed E-state index contributed by atoms with van der Waals surface area (Å²) in [7, 11) is 1.66. The van der Waals surface area contributed by atoms with Crippen molar-refractivity contribution in [1.82, 2.24) is 9.97 Å². The highest BCUT2D eigenvalue weighted by atomic mass is 16.5. The molecule has 1 heterocycles. The minimum Gasteiger partial charge on any atom is -0.497 e. The van der Waals surface area contributed by atoms with Gasteiger partial charge in [-0.1, -0.05) is 12.1 Å². The fourth-order valence-electron chi connectivity index (χ4n) is 2.38. The predicted molar refractivity (Wildman–Crippen MR) is 89.4 cm³/mol. The lowest BCUT2D eigenvalue weighted by atomic mass is 10.1. The molecule has 0 aliphatic heterocycles. The van der Waals surface area contributed by atoms with Crippen molar-refractivity contribution in [2.24, 2.45) is 0 Å². The molecule has 23 heavy (non-hydrogen) atoms. The number of benzene rings is 2. The van der Waals surface area contributed by atoms with Crippen molar-refractivity contribution >= 4 is 16.7 Å². The van der Waals surface area contributed by atoms with Crippen molar-refractivity contribution in [2.45, 2.75) is 6.42 Å². The minimum absolute atomic E-state index is 0.602. The molecular formula is C18H16N4O. The van der Waals surface area contributed by atoms with Crippen LogP contribution in [0.15, 0.2) is 48.8 Å². The number of anilines is 1. The number of rotatable bonds is 5. The number of ether oxygens (including phenoxy) is 1. The van der Waals surface area contributed by atoms with Crippen LogP contribution in [0.5, 0.6) is 5.75 Å². The summed E-state index contributed by atoms with van der Waals surface area (Å²) in [6.45, 7) is 0.745. The molecule has 0 aliphatic carbocycles. The van der Waals surface area contributed by atoms with Crippen molar-refractivity contribution in [3.63, 3.8) is 0 Å². The smallest absolute Gasteiger partial charge is 0.137 e. The third kappa shape index (κ3) is 3.38. The zero-order chi connectivity index (χ0) is 16.1. The number of aromatic nitrogens is 2. The van der Waals surface area contributed by atoms with Gasteiger partial charge in [-0.15, -0.1) is 0 Å². The molecule has 0 amide bonds. The fraction of sp³-hybridized carbons (Fsp3) is 0.167. The van der Waals surface area contributed by atoms with E-state index in [2.05, 4.69) is 21.4 Å². The summed E-state index contributed by atoms with van der Waals surface area (Å²) >= 11 is 0. The van der Waals surface area contributed by atoms with E-state index in [1.165, 1.54) is 11.9 Å². The quantitative estimate of drug-likeness (QED) is 0.784. The summed E-state index contributed by atoms with van der Waals surface area (Å²) < 4.78 is 5.15. The van der Waals surface area contributed by atoms with Crippen molar-refractivity contribution < 1.29 is 4.74 Å². The van der Waals surface area contributed by atoms with Gasteiger partial charge in [-0.25, -0.2) is 9.97 Å². The van der Waals surface area contributed by atoms with Crippen LogP contribution < -0.4 is 10.1 Å². The molecule has 2 aromatic carbocycles. The molecule has 0 atom stereocenters. The van der Waals surface area contributed by atoms with Gasteiger partial charge in [0.1, 0.15) is 17.9 Å². The van der Waals surface area contributed by atoms with Crippen molar-refractivity contribution in [3.05, 3.63) is 59.9 Å². The molecule has 1 aromatic heterocycles. The Bertz CT molecular complexity index is 853. The maximum absolute atomic E-state index is 9.03. The Labute approximate surface area is 134 Å². The lowest BCUT2D eigenvalue weighted by molar-refractivity contribution is 0.414. The van der Waals surface area contributed by atoms with Crippen LogP contribution in [-0.4, -0.2) is 23.6 Å². The lowest BCUT2D eigenvalue weighted by Gasteiger charge is -2.09. The zero-order valence-electron chi connectivity index (χ0n) is 12.8. The van der Waals surface area contributed by atoms with E-state index in [-0.39, 0.29) is 0 Å². The summed E-state index contributed by atoms with van der Waals surface area (Å²) in [5.41, 5.74) is 2.64. The van der Waals surface area contributed by atoms with E-state index in [0.29, 0.717) is 5.56 Å². The van der Waals surface area contributed by atoms with E-state index >= 15 is 0 Å². The first-order valence-corrected chi connectivity index (χ1v) is 7.32. The number of methoxy groups -OCH3 is 1. The van der Waals surface area contributed by atoms with Gasteiger partial charge in [0.2, 0.25) is 0 Å². The minimum atomic E-state index is 0.602. The first-order valence-electron chi connectivity index (χ1n) is 7.32. The molecule has 1 N–H and O–H groups in total. The van der Waals surface area contributed by atoms with E-state index in [1.807, 2.05) is 36.4 Å². The van der Waals surface area contributed by atoms with Gasteiger partial charge in [-0.3, -0.25) is 0 Å². The maximum atomic E-state index is 9.03. The molecule has 5 heteroatoms. The third-order valence-electron chi connectivity index (χ3n) is 3.63. The number of nitrogens with one attached hydrogen (secondary N) is 1. The Morgan fingerprint density at radius 1 is 1.13 bits per heavy atom. The van der Waals surface area contributed by atoms with E-state index in [9.17, 15) is 0 Å². The summed E-state index contributed by atoms with van der Waals surface area (Å²) in [4.78, 5) is 8.52. The standard InChI is InChI=1S/C18H16N4O/c1-23-15-5-2-13(3-6-15)8-9-20-18-16-10-14(11-19)4-7-17(16)21-12-22-18/h2-7,10,12H,8-9H2,1H3,(H,20,21,22). The normalized spacial score (nSPS) is 10.3. The highest BCUT2D eigenvalue weighted by Crippen LogP contribution is 2.20. The second-order valence-electron chi connectivity index (χ2n) is 5.09. The van der Waals surface area contributed by atoms with Gasteiger partial charge < -0.3 is 10.1 Å². The Morgan fingerprint density at radius 3 is 2.70 bits per heavy atom. The van der Waals surface area contributed by atoms with Crippen LogP contribution in [0.3, 0.4) is 0 Å². The SMILES string of the molecule is COc1ccc(CCNc2ncnc3ccc(C#N)cc23)cc1. The number of nitrogens with zero attached hydrogens (tertiary/aromatic N) is 3. The van der Waals surface area contributed by atoms with Crippen LogP contribution >= 0.6 is 0 Å². The molecule has 3 aromatic rings. The molecule has 0 saturated carbocycles. The maximum Gasteiger partial charge on any atom is 0.137 e. The van der Waals surface area contributed by atoms with Crippen LogP contribution in [0.4, 0.5) is 5.82 Å². The van der Waals surface area contributed by atoms with Crippen LogP contribution in [0, 0.1) is 11.3 Å². The van der Waals surface area contributed by atoms with Crippen molar-refractivity contribution in [1.29, 1.82) is 5.26 Å². The fourth-order valence-corrected chi connectivity index (χ4v) is 2.38. The van der Waals surface area contributed by atoms with Gasteiger partial charge in [-0.05, 0) is 42.3 Å². The monoisotopic (exact) mass is 304 g/mol. The third-order valence-corrected chi connectivity index (χ3v) is 3.63. The van der Waals surface area contributed by atoms with Gasteiger partial charge in [0.15, 0.2) is 0 Å². The molecule has 0 spiro atoms. The number of hydrogen-bond acceptors (Lipinski definition) is 5. The Morgan fingerprint density at radius 2 is 1.96 bits per heavy atom. The van der Waals surface area contributed by atoms with Crippen LogP contribution in [-0.2, 0) is 6.42 Å². The molecule has 0 fully saturated rings. The van der Waals surface area contributed by atoms with Gasteiger partial charge in [0.25, 0.3) is 0 Å². The molecule has 0 unspecified atom stereocenters. The zero-order valence-corrected chi connectivity index (χ0v) is 12.8. The van der Waals surface area contributed by atoms with Gasteiger partial charge >= 0.3 is 0 Å². The summed E-state index contributed by atoms with van der Waals surface area (Å²) in [6.07, 6.45) is 2.40. The van der Waals surface area contributed by atoms with Crippen molar-refractivity contribution in [3.8, 4) is 11.8 Å². The first-order chi connectivity index (χ1) is 11.3. The van der Waals surface area contributed by atoms with Gasteiger partial charge in [0.05, 0.1) is 24.3 Å². The first kappa shape index (κ1) is 14.8. The molecule has 114 valence electrons. The molecule has 0 saturated heterocycles. The van der Waals surface area contributed by atoms with Gasteiger partial charge in [0, 0.05) is 11.9 Å².